The minimum Gasteiger partial charge on any atom is -0.399 e. The summed E-state index contributed by atoms with van der Waals surface area (Å²) in [6.45, 7) is 4.80. The van der Waals surface area contributed by atoms with E-state index in [1.165, 1.54) is 0 Å². The average molecular weight is 247 g/mol. The Balaban J connectivity index is 2.17. The predicted octanol–water partition coefficient (Wildman–Crippen LogP) is 1.48. The van der Waals surface area contributed by atoms with Crippen LogP contribution in [0.5, 0.6) is 0 Å². The Morgan fingerprint density at radius 3 is 3.00 bits per heavy atom. The van der Waals surface area contributed by atoms with Gasteiger partial charge in [0, 0.05) is 30.4 Å². The summed E-state index contributed by atoms with van der Waals surface area (Å²) < 4.78 is 0. The van der Waals surface area contributed by atoms with Crippen molar-refractivity contribution >= 4 is 11.6 Å². The van der Waals surface area contributed by atoms with E-state index in [-0.39, 0.29) is 5.91 Å². The molecular formula is C14H21N3O. The molecule has 4 nitrogen and oxygen atoms in total. The van der Waals surface area contributed by atoms with Crippen LogP contribution in [0.2, 0.25) is 0 Å². The van der Waals surface area contributed by atoms with Gasteiger partial charge < -0.3 is 16.0 Å². The van der Waals surface area contributed by atoms with E-state index in [2.05, 4.69) is 12.2 Å². The van der Waals surface area contributed by atoms with Gasteiger partial charge in [0.05, 0.1) is 0 Å². The number of carbonyl (C=O) groups excluding carboxylic acids is 1. The molecule has 1 aliphatic heterocycles. The maximum Gasteiger partial charge on any atom is 0.254 e. The van der Waals surface area contributed by atoms with Crippen LogP contribution < -0.4 is 11.1 Å². The van der Waals surface area contributed by atoms with Gasteiger partial charge in [0.15, 0.2) is 0 Å². The van der Waals surface area contributed by atoms with Crippen molar-refractivity contribution in [1.29, 1.82) is 0 Å². The van der Waals surface area contributed by atoms with Crippen LogP contribution in [-0.4, -0.2) is 36.5 Å². The van der Waals surface area contributed by atoms with Gasteiger partial charge in [-0.05, 0) is 37.6 Å². The van der Waals surface area contributed by atoms with E-state index in [4.69, 9.17) is 5.73 Å². The molecule has 1 fully saturated rings. The minimum atomic E-state index is 0.0952. The Morgan fingerprint density at radius 1 is 1.56 bits per heavy atom. The van der Waals surface area contributed by atoms with Crippen LogP contribution in [0.3, 0.4) is 0 Å². The second kappa shape index (κ2) is 5.87. The number of rotatable bonds is 4. The molecule has 0 saturated carbocycles. The highest BCUT2D eigenvalue weighted by atomic mass is 16.2. The van der Waals surface area contributed by atoms with Crippen molar-refractivity contribution in [2.24, 2.45) is 0 Å². The Kier molecular flexibility index (Phi) is 4.20. The molecule has 1 heterocycles. The summed E-state index contributed by atoms with van der Waals surface area (Å²) in [5.74, 6) is 0.0952. The van der Waals surface area contributed by atoms with Crippen LogP contribution in [0.25, 0.3) is 0 Å². The van der Waals surface area contributed by atoms with Crippen LogP contribution in [0.4, 0.5) is 5.69 Å². The maximum atomic E-state index is 12.5. The van der Waals surface area contributed by atoms with E-state index >= 15 is 0 Å². The van der Waals surface area contributed by atoms with Crippen molar-refractivity contribution in [3.63, 3.8) is 0 Å². The fourth-order valence-electron chi connectivity index (χ4n) is 2.43. The first-order valence-electron chi connectivity index (χ1n) is 6.59. The molecule has 98 valence electrons. The first kappa shape index (κ1) is 12.9. The van der Waals surface area contributed by atoms with Gasteiger partial charge in [-0.2, -0.15) is 0 Å². The van der Waals surface area contributed by atoms with Crippen molar-refractivity contribution < 1.29 is 4.79 Å². The zero-order valence-electron chi connectivity index (χ0n) is 10.9. The second-order valence-corrected chi connectivity index (χ2v) is 4.77. The topological polar surface area (TPSA) is 58.4 Å². The van der Waals surface area contributed by atoms with Gasteiger partial charge in [0.1, 0.15) is 0 Å². The molecule has 1 saturated heterocycles. The third kappa shape index (κ3) is 2.82. The summed E-state index contributed by atoms with van der Waals surface area (Å²) in [7, 11) is 0. The minimum absolute atomic E-state index is 0.0952. The van der Waals surface area contributed by atoms with Crippen molar-refractivity contribution in [2.45, 2.75) is 25.8 Å². The summed E-state index contributed by atoms with van der Waals surface area (Å²) in [5, 5.41) is 3.31. The molecule has 1 aliphatic rings. The molecule has 2 rings (SSSR count). The van der Waals surface area contributed by atoms with Crippen molar-refractivity contribution in [1.82, 2.24) is 10.2 Å². The molecule has 1 amide bonds. The van der Waals surface area contributed by atoms with Gasteiger partial charge in [-0.25, -0.2) is 0 Å². The number of nitrogen functional groups attached to an aromatic ring is 1. The van der Waals surface area contributed by atoms with E-state index < -0.39 is 0 Å². The fourth-order valence-corrected chi connectivity index (χ4v) is 2.43. The van der Waals surface area contributed by atoms with E-state index in [9.17, 15) is 4.79 Å². The van der Waals surface area contributed by atoms with Gasteiger partial charge in [0.25, 0.3) is 5.91 Å². The summed E-state index contributed by atoms with van der Waals surface area (Å²) >= 11 is 0. The molecule has 1 aromatic rings. The number of nitrogens with two attached hydrogens (primary N) is 1. The summed E-state index contributed by atoms with van der Waals surface area (Å²) in [6.07, 6.45) is 2.01. The van der Waals surface area contributed by atoms with E-state index in [0.29, 0.717) is 17.3 Å². The van der Waals surface area contributed by atoms with Crippen molar-refractivity contribution in [3.8, 4) is 0 Å². The molecule has 0 aromatic heterocycles. The van der Waals surface area contributed by atoms with Crippen molar-refractivity contribution in [3.05, 3.63) is 29.8 Å². The molecule has 1 aromatic carbocycles. The number of amides is 1. The van der Waals surface area contributed by atoms with E-state index in [1.54, 1.807) is 12.1 Å². The highest BCUT2D eigenvalue weighted by Gasteiger charge is 2.26. The lowest BCUT2D eigenvalue weighted by molar-refractivity contribution is 0.0692. The number of anilines is 1. The van der Waals surface area contributed by atoms with Crippen LogP contribution in [0.1, 0.15) is 30.1 Å². The lowest BCUT2D eigenvalue weighted by atomic mass is 10.1. The Bertz CT molecular complexity index is 413. The number of hydrogen-bond acceptors (Lipinski definition) is 3. The van der Waals surface area contributed by atoms with Crippen LogP contribution in [-0.2, 0) is 0 Å². The monoisotopic (exact) mass is 247 g/mol. The Hall–Kier alpha value is -1.55. The van der Waals surface area contributed by atoms with Crippen LogP contribution >= 0.6 is 0 Å². The number of nitrogens with zero attached hydrogens (tertiary/aromatic N) is 1. The summed E-state index contributed by atoms with van der Waals surface area (Å²) in [4.78, 5) is 14.5. The summed E-state index contributed by atoms with van der Waals surface area (Å²) in [5.41, 5.74) is 7.07. The lowest BCUT2D eigenvalue weighted by Crippen LogP contribution is -2.42. The van der Waals surface area contributed by atoms with Crippen LogP contribution in [0, 0.1) is 0 Å². The molecule has 3 N–H and O–H groups in total. The number of hydrogen-bond donors (Lipinski definition) is 2. The molecule has 18 heavy (non-hydrogen) atoms. The number of benzene rings is 1. The third-order valence-electron chi connectivity index (χ3n) is 3.33. The van der Waals surface area contributed by atoms with Gasteiger partial charge in [0.2, 0.25) is 0 Å². The molecule has 4 heteroatoms. The standard InChI is InChI=1S/C14H21N3O/c1-2-8-17(13-6-7-16-10-13)14(18)11-4-3-5-12(15)9-11/h3-5,9,13,16H,2,6-8,10,15H2,1H3. The van der Waals surface area contributed by atoms with Crippen LogP contribution in [0.15, 0.2) is 24.3 Å². The van der Waals surface area contributed by atoms with Gasteiger partial charge >= 0.3 is 0 Å². The SMILES string of the molecule is CCCN(C(=O)c1cccc(N)c1)C1CCNC1. The second-order valence-electron chi connectivity index (χ2n) is 4.77. The Morgan fingerprint density at radius 2 is 2.39 bits per heavy atom. The van der Waals surface area contributed by atoms with E-state index in [0.717, 1.165) is 32.5 Å². The van der Waals surface area contributed by atoms with E-state index in [1.807, 2.05) is 17.0 Å². The number of nitrogens with one attached hydrogen (secondary N) is 1. The Labute approximate surface area is 108 Å². The lowest BCUT2D eigenvalue weighted by Gasteiger charge is -2.28. The highest BCUT2D eigenvalue weighted by Crippen LogP contribution is 2.15. The molecule has 0 radical (unpaired) electrons. The highest BCUT2D eigenvalue weighted by molar-refractivity contribution is 5.95. The molecule has 0 bridgehead atoms. The average Bonchev–Trinajstić information content (AvgIpc) is 2.89. The normalized spacial score (nSPS) is 18.8. The molecular weight excluding hydrogens is 226 g/mol. The van der Waals surface area contributed by atoms with Crippen molar-refractivity contribution in [2.75, 3.05) is 25.4 Å². The molecule has 1 atom stereocenters. The summed E-state index contributed by atoms with van der Waals surface area (Å²) in [6, 6.07) is 7.55. The quantitative estimate of drug-likeness (QED) is 0.792. The zero-order chi connectivity index (χ0) is 13.0. The van der Waals surface area contributed by atoms with Gasteiger partial charge in [-0.1, -0.05) is 13.0 Å². The molecule has 0 spiro atoms. The van der Waals surface area contributed by atoms with Gasteiger partial charge in [-0.3, -0.25) is 4.79 Å². The third-order valence-corrected chi connectivity index (χ3v) is 3.33. The first-order valence-corrected chi connectivity index (χ1v) is 6.59. The first-order chi connectivity index (χ1) is 8.72. The molecule has 0 aliphatic carbocycles. The number of carbonyl (C=O) groups is 1. The molecule has 1 unspecified atom stereocenters. The zero-order valence-corrected chi connectivity index (χ0v) is 10.9. The predicted molar refractivity (Wildman–Crippen MR) is 73.5 cm³/mol. The maximum absolute atomic E-state index is 12.5. The fraction of sp³-hybridized carbons (Fsp3) is 0.500. The largest absolute Gasteiger partial charge is 0.399 e. The van der Waals surface area contributed by atoms with Gasteiger partial charge in [-0.15, -0.1) is 0 Å². The smallest absolute Gasteiger partial charge is 0.254 e.